The van der Waals surface area contributed by atoms with Crippen LogP contribution in [-0.2, 0) is 9.59 Å². The molecule has 1 atom stereocenters. The highest BCUT2D eigenvalue weighted by molar-refractivity contribution is 6.46. The van der Waals surface area contributed by atoms with E-state index in [1.54, 1.807) is 24.3 Å². The lowest BCUT2D eigenvalue weighted by Gasteiger charge is -2.27. The van der Waals surface area contributed by atoms with Gasteiger partial charge in [-0.1, -0.05) is 30.7 Å². The van der Waals surface area contributed by atoms with Gasteiger partial charge in [-0.25, -0.2) is 0 Å². The third kappa shape index (κ3) is 5.21. The zero-order valence-electron chi connectivity index (χ0n) is 20.2. The number of halogens is 1. The minimum atomic E-state index is -0.760. The van der Waals surface area contributed by atoms with Crippen molar-refractivity contribution in [1.82, 2.24) is 9.80 Å². The lowest BCUT2D eigenvalue weighted by atomic mass is 9.94. The van der Waals surface area contributed by atoms with Gasteiger partial charge in [0.1, 0.15) is 17.3 Å². The van der Waals surface area contributed by atoms with Crippen molar-refractivity contribution >= 4 is 29.1 Å². The predicted octanol–water partition coefficient (Wildman–Crippen LogP) is 4.43. The van der Waals surface area contributed by atoms with E-state index in [1.807, 2.05) is 45.0 Å². The summed E-state index contributed by atoms with van der Waals surface area (Å²) < 4.78 is 11.1. The largest absolute Gasteiger partial charge is 0.507 e. The molecule has 1 heterocycles. The molecule has 1 aliphatic rings. The van der Waals surface area contributed by atoms with Crippen molar-refractivity contribution in [3.63, 3.8) is 0 Å². The van der Waals surface area contributed by atoms with E-state index in [2.05, 4.69) is 0 Å². The van der Waals surface area contributed by atoms with Crippen LogP contribution < -0.4 is 9.47 Å². The number of methoxy groups -OCH3 is 1. The minimum absolute atomic E-state index is 0.00551. The Hall–Kier alpha value is -3.03. The first-order valence-corrected chi connectivity index (χ1v) is 11.6. The summed E-state index contributed by atoms with van der Waals surface area (Å²) in [7, 11) is 5.23. The third-order valence-electron chi connectivity index (χ3n) is 5.64. The number of likely N-dealkylation sites (tertiary alicyclic amines) is 1. The fourth-order valence-electron chi connectivity index (χ4n) is 3.99. The van der Waals surface area contributed by atoms with Gasteiger partial charge in [0.05, 0.1) is 35.9 Å². The second kappa shape index (κ2) is 10.9. The number of rotatable bonds is 9. The maximum Gasteiger partial charge on any atom is 0.295 e. The quantitative estimate of drug-likeness (QED) is 0.321. The topological polar surface area (TPSA) is 79.3 Å². The minimum Gasteiger partial charge on any atom is -0.507 e. The van der Waals surface area contributed by atoms with Crippen molar-refractivity contribution < 1.29 is 24.2 Å². The maximum absolute atomic E-state index is 13.2. The number of benzene rings is 2. The molecule has 1 unspecified atom stereocenters. The van der Waals surface area contributed by atoms with E-state index in [0.29, 0.717) is 36.0 Å². The number of amides is 1. The van der Waals surface area contributed by atoms with Gasteiger partial charge >= 0.3 is 0 Å². The molecule has 0 aromatic heterocycles. The number of Topliss-reactive ketones (excluding diaryl/α,β-unsaturated/α-hetero) is 1. The first kappa shape index (κ1) is 25.6. The summed E-state index contributed by atoms with van der Waals surface area (Å²) >= 11 is 6.34. The standard InChI is InChI=1S/C26H31ClN2O5/c1-6-13-34-18-9-7-17(8-10-18)22-21(24(31)26(32)29(22)12-11-28(3)4)23(30)19-14-16(2)15-20(27)25(19)33-5/h7-10,14-15,22,30H,6,11-13H2,1-5H3/b23-21+. The Balaban J connectivity index is 2.17. The fraction of sp³-hybridized carbons (Fsp3) is 0.385. The molecular weight excluding hydrogens is 456 g/mol. The van der Waals surface area contributed by atoms with Crippen molar-refractivity contribution in [2.45, 2.75) is 26.3 Å². The highest BCUT2D eigenvalue weighted by Crippen LogP contribution is 2.42. The number of hydrogen-bond acceptors (Lipinski definition) is 6. The van der Waals surface area contributed by atoms with Gasteiger partial charge in [0, 0.05) is 13.1 Å². The summed E-state index contributed by atoms with van der Waals surface area (Å²) in [5.41, 5.74) is 1.75. The normalized spacial score (nSPS) is 17.5. The molecule has 8 heteroatoms. The molecule has 7 nitrogen and oxygen atoms in total. The molecule has 2 aromatic rings. The van der Waals surface area contributed by atoms with Crippen LogP contribution in [0.1, 0.15) is 36.1 Å². The van der Waals surface area contributed by atoms with Crippen LogP contribution in [0.4, 0.5) is 0 Å². The summed E-state index contributed by atoms with van der Waals surface area (Å²) in [4.78, 5) is 29.7. The van der Waals surface area contributed by atoms with E-state index >= 15 is 0 Å². The van der Waals surface area contributed by atoms with Crippen LogP contribution in [0.15, 0.2) is 42.0 Å². The van der Waals surface area contributed by atoms with Gasteiger partial charge in [0.2, 0.25) is 0 Å². The summed E-state index contributed by atoms with van der Waals surface area (Å²) in [6.45, 7) is 5.32. The van der Waals surface area contributed by atoms with E-state index in [9.17, 15) is 14.7 Å². The van der Waals surface area contributed by atoms with Gasteiger partial charge < -0.3 is 24.4 Å². The number of hydrogen-bond donors (Lipinski definition) is 1. The third-order valence-corrected chi connectivity index (χ3v) is 5.92. The smallest absolute Gasteiger partial charge is 0.295 e. The zero-order valence-corrected chi connectivity index (χ0v) is 21.0. The number of aliphatic hydroxyl groups is 1. The Morgan fingerprint density at radius 1 is 1.18 bits per heavy atom. The predicted molar refractivity (Wildman–Crippen MR) is 133 cm³/mol. The van der Waals surface area contributed by atoms with Gasteiger partial charge in [-0.15, -0.1) is 0 Å². The van der Waals surface area contributed by atoms with Crippen LogP contribution >= 0.6 is 11.6 Å². The molecule has 1 amide bonds. The lowest BCUT2D eigenvalue weighted by Crippen LogP contribution is -2.35. The Morgan fingerprint density at radius 2 is 1.85 bits per heavy atom. The van der Waals surface area contributed by atoms with Crippen LogP contribution in [0.2, 0.25) is 5.02 Å². The second-order valence-corrected chi connectivity index (χ2v) is 8.95. The van der Waals surface area contributed by atoms with Crippen LogP contribution in [-0.4, -0.2) is 67.5 Å². The number of aliphatic hydroxyl groups excluding tert-OH is 1. The molecule has 0 saturated carbocycles. The molecule has 0 aliphatic carbocycles. The number of aryl methyl sites for hydroxylation is 1. The van der Waals surface area contributed by atoms with Crippen molar-refractivity contribution in [2.75, 3.05) is 40.9 Å². The number of carbonyl (C=O) groups excluding carboxylic acids is 2. The molecule has 1 aliphatic heterocycles. The first-order chi connectivity index (χ1) is 16.2. The monoisotopic (exact) mass is 486 g/mol. The Kier molecular flexibility index (Phi) is 8.23. The van der Waals surface area contributed by atoms with E-state index in [0.717, 1.165) is 12.0 Å². The zero-order chi connectivity index (χ0) is 25.0. The molecule has 2 aromatic carbocycles. The van der Waals surface area contributed by atoms with Crippen LogP contribution in [0.5, 0.6) is 11.5 Å². The van der Waals surface area contributed by atoms with Gasteiger partial charge in [-0.05, 0) is 62.8 Å². The SMILES string of the molecule is CCCOc1ccc(C2/C(=C(\O)c3cc(C)cc(Cl)c3OC)C(=O)C(=O)N2CCN(C)C)cc1. The summed E-state index contributed by atoms with van der Waals surface area (Å²) in [5, 5.41) is 11.7. The van der Waals surface area contributed by atoms with Crippen molar-refractivity contribution in [2.24, 2.45) is 0 Å². The average Bonchev–Trinajstić information content (AvgIpc) is 3.05. The van der Waals surface area contributed by atoms with Crippen LogP contribution in [0.3, 0.4) is 0 Å². The van der Waals surface area contributed by atoms with Crippen molar-refractivity contribution in [3.8, 4) is 11.5 Å². The molecule has 34 heavy (non-hydrogen) atoms. The molecule has 1 fully saturated rings. The molecule has 0 radical (unpaired) electrons. The van der Waals surface area contributed by atoms with Gasteiger partial charge in [-0.3, -0.25) is 9.59 Å². The second-order valence-electron chi connectivity index (χ2n) is 8.54. The Morgan fingerprint density at radius 3 is 2.44 bits per heavy atom. The number of nitrogens with zero attached hydrogens (tertiary/aromatic N) is 2. The number of ketones is 1. The number of carbonyl (C=O) groups is 2. The summed E-state index contributed by atoms with van der Waals surface area (Å²) in [5.74, 6) is -0.775. The number of ether oxygens (including phenoxy) is 2. The average molecular weight is 487 g/mol. The fourth-order valence-corrected chi connectivity index (χ4v) is 4.34. The molecule has 3 rings (SSSR count). The highest BCUT2D eigenvalue weighted by Gasteiger charge is 2.46. The van der Waals surface area contributed by atoms with Gasteiger partial charge in [-0.2, -0.15) is 0 Å². The van der Waals surface area contributed by atoms with Gasteiger partial charge in [0.25, 0.3) is 11.7 Å². The summed E-state index contributed by atoms with van der Waals surface area (Å²) in [6.07, 6.45) is 0.882. The highest BCUT2D eigenvalue weighted by atomic mass is 35.5. The number of likely N-dealkylation sites (N-methyl/N-ethyl adjacent to an activating group) is 1. The Bertz CT molecular complexity index is 1100. The molecule has 182 valence electrons. The van der Waals surface area contributed by atoms with E-state index < -0.39 is 17.7 Å². The van der Waals surface area contributed by atoms with E-state index in [4.69, 9.17) is 21.1 Å². The van der Waals surface area contributed by atoms with Crippen molar-refractivity contribution in [3.05, 3.63) is 63.7 Å². The van der Waals surface area contributed by atoms with E-state index in [-0.39, 0.29) is 22.6 Å². The molecule has 1 N–H and O–H groups in total. The van der Waals surface area contributed by atoms with Crippen LogP contribution in [0.25, 0.3) is 5.76 Å². The Labute approximate surface area is 205 Å². The first-order valence-electron chi connectivity index (χ1n) is 11.2. The van der Waals surface area contributed by atoms with E-state index in [1.165, 1.54) is 12.0 Å². The van der Waals surface area contributed by atoms with Gasteiger partial charge in [0.15, 0.2) is 0 Å². The van der Waals surface area contributed by atoms with Crippen molar-refractivity contribution in [1.29, 1.82) is 0 Å². The lowest BCUT2D eigenvalue weighted by molar-refractivity contribution is -0.140. The van der Waals surface area contributed by atoms with Crippen LogP contribution in [0, 0.1) is 6.92 Å². The summed E-state index contributed by atoms with van der Waals surface area (Å²) in [6, 6.07) is 9.88. The molecule has 0 spiro atoms. The maximum atomic E-state index is 13.2. The molecule has 0 bridgehead atoms. The molecule has 1 saturated heterocycles. The molecular formula is C26H31ClN2O5.